The zero-order chi connectivity index (χ0) is 13.5. The Kier molecular flexibility index (Phi) is 3.46. The van der Waals surface area contributed by atoms with Crippen LogP contribution in [0.4, 0.5) is 4.79 Å². The SMILES string of the molecule is CC(C)(C)OC(=O)NC1CC(C)(S(=O)(=O)O)C1. The Morgan fingerprint density at radius 3 is 2.24 bits per heavy atom. The molecule has 1 rings (SSSR count). The lowest BCUT2D eigenvalue weighted by Crippen LogP contribution is -2.57. The van der Waals surface area contributed by atoms with Gasteiger partial charge < -0.3 is 10.1 Å². The molecule has 100 valence electrons. The van der Waals surface area contributed by atoms with Gasteiger partial charge in [0, 0.05) is 6.04 Å². The van der Waals surface area contributed by atoms with Gasteiger partial charge in [-0.1, -0.05) is 0 Å². The maximum absolute atomic E-state index is 11.4. The highest BCUT2D eigenvalue weighted by atomic mass is 32.2. The lowest BCUT2D eigenvalue weighted by atomic mass is 9.81. The van der Waals surface area contributed by atoms with Crippen molar-refractivity contribution in [3.05, 3.63) is 0 Å². The third kappa shape index (κ3) is 3.57. The maximum atomic E-state index is 11.4. The minimum atomic E-state index is -4.06. The second-order valence-electron chi connectivity index (χ2n) is 5.68. The van der Waals surface area contributed by atoms with Crippen LogP contribution in [-0.4, -0.2) is 35.5 Å². The number of ether oxygens (including phenoxy) is 1. The summed E-state index contributed by atoms with van der Waals surface area (Å²) in [5.41, 5.74) is -0.583. The van der Waals surface area contributed by atoms with E-state index in [0.717, 1.165) is 0 Å². The average Bonchev–Trinajstić information content (AvgIpc) is 1.94. The van der Waals surface area contributed by atoms with Gasteiger partial charge >= 0.3 is 6.09 Å². The van der Waals surface area contributed by atoms with Crippen molar-refractivity contribution in [3.8, 4) is 0 Å². The first-order chi connectivity index (χ1) is 7.43. The van der Waals surface area contributed by atoms with Crippen LogP contribution in [0.1, 0.15) is 40.5 Å². The molecule has 0 aromatic heterocycles. The molecule has 0 radical (unpaired) electrons. The van der Waals surface area contributed by atoms with Gasteiger partial charge in [-0.25, -0.2) is 4.79 Å². The Hall–Kier alpha value is -0.820. The molecule has 0 aromatic rings. The Balaban J connectivity index is 2.43. The molecular formula is C10H19NO5S. The van der Waals surface area contributed by atoms with E-state index in [-0.39, 0.29) is 18.9 Å². The molecule has 7 heteroatoms. The number of alkyl carbamates (subject to hydrolysis) is 1. The number of carbonyl (C=O) groups excluding carboxylic acids is 1. The fraction of sp³-hybridized carbons (Fsp3) is 0.900. The van der Waals surface area contributed by atoms with Crippen LogP contribution in [0.15, 0.2) is 0 Å². The van der Waals surface area contributed by atoms with Crippen molar-refractivity contribution in [2.24, 2.45) is 0 Å². The van der Waals surface area contributed by atoms with Crippen molar-refractivity contribution in [3.63, 3.8) is 0 Å². The summed E-state index contributed by atoms with van der Waals surface area (Å²) in [5, 5.41) is 2.56. The summed E-state index contributed by atoms with van der Waals surface area (Å²) >= 11 is 0. The van der Waals surface area contributed by atoms with Crippen molar-refractivity contribution in [1.82, 2.24) is 5.32 Å². The van der Waals surface area contributed by atoms with Crippen LogP contribution >= 0.6 is 0 Å². The monoisotopic (exact) mass is 265 g/mol. The summed E-state index contributed by atoms with van der Waals surface area (Å²) in [7, 11) is -4.06. The Labute approximate surface area is 101 Å². The van der Waals surface area contributed by atoms with Crippen LogP contribution < -0.4 is 5.32 Å². The zero-order valence-electron chi connectivity index (χ0n) is 10.5. The molecule has 1 aliphatic rings. The zero-order valence-corrected chi connectivity index (χ0v) is 11.3. The molecule has 1 aliphatic carbocycles. The van der Waals surface area contributed by atoms with Gasteiger partial charge in [0.2, 0.25) is 0 Å². The van der Waals surface area contributed by atoms with Crippen LogP contribution in [0.25, 0.3) is 0 Å². The molecule has 0 aromatic carbocycles. The smallest absolute Gasteiger partial charge is 0.407 e. The van der Waals surface area contributed by atoms with Crippen molar-refractivity contribution in [2.75, 3.05) is 0 Å². The highest BCUT2D eigenvalue weighted by Gasteiger charge is 2.50. The van der Waals surface area contributed by atoms with E-state index < -0.39 is 26.6 Å². The molecule has 0 saturated heterocycles. The third-order valence-corrected chi connectivity index (χ3v) is 4.28. The lowest BCUT2D eigenvalue weighted by Gasteiger charge is -2.42. The fourth-order valence-electron chi connectivity index (χ4n) is 1.77. The molecule has 0 unspecified atom stereocenters. The third-order valence-electron chi connectivity index (χ3n) is 2.70. The van der Waals surface area contributed by atoms with E-state index in [1.807, 2.05) is 0 Å². The standard InChI is InChI=1S/C10H19NO5S/c1-9(2,3)16-8(12)11-7-5-10(4,6-7)17(13,14)15/h7H,5-6H2,1-4H3,(H,11,12)(H,13,14,15). The quantitative estimate of drug-likeness (QED) is 0.734. The summed E-state index contributed by atoms with van der Waals surface area (Å²) in [6, 6.07) is -0.267. The van der Waals surface area contributed by atoms with Crippen LogP contribution in [0.5, 0.6) is 0 Å². The first-order valence-electron chi connectivity index (χ1n) is 5.39. The molecule has 0 atom stereocenters. The van der Waals surface area contributed by atoms with Gasteiger partial charge in [-0.05, 0) is 40.5 Å². The second kappa shape index (κ2) is 4.13. The number of amides is 1. The predicted molar refractivity (Wildman–Crippen MR) is 62.3 cm³/mol. The first kappa shape index (κ1) is 14.2. The maximum Gasteiger partial charge on any atom is 0.407 e. The summed E-state index contributed by atoms with van der Waals surface area (Å²) in [4.78, 5) is 11.4. The summed E-state index contributed by atoms with van der Waals surface area (Å²) in [5.74, 6) is 0. The largest absolute Gasteiger partial charge is 0.444 e. The van der Waals surface area contributed by atoms with E-state index in [0.29, 0.717) is 0 Å². The van der Waals surface area contributed by atoms with Crippen molar-refractivity contribution in [1.29, 1.82) is 0 Å². The molecule has 1 amide bonds. The van der Waals surface area contributed by atoms with Gasteiger partial charge in [-0.3, -0.25) is 4.55 Å². The van der Waals surface area contributed by atoms with E-state index in [1.54, 1.807) is 20.8 Å². The van der Waals surface area contributed by atoms with E-state index in [2.05, 4.69) is 5.32 Å². The van der Waals surface area contributed by atoms with E-state index >= 15 is 0 Å². The molecular weight excluding hydrogens is 246 g/mol. The van der Waals surface area contributed by atoms with Crippen LogP contribution in [0.2, 0.25) is 0 Å². The highest BCUT2D eigenvalue weighted by Crippen LogP contribution is 2.38. The van der Waals surface area contributed by atoms with Gasteiger partial charge in [0.1, 0.15) is 5.60 Å². The summed E-state index contributed by atoms with van der Waals surface area (Å²) in [6.07, 6.45) is -0.171. The average molecular weight is 265 g/mol. The van der Waals surface area contributed by atoms with E-state index in [9.17, 15) is 13.2 Å². The number of carbonyl (C=O) groups is 1. The summed E-state index contributed by atoms with van der Waals surface area (Å²) < 4.78 is 34.9. The minimum Gasteiger partial charge on any atom is -0.444 e. The lowest BCUT2D eigenvalue weighted by molar-refractivity contribution is 0.0463. The van der Waals surface area contributed by atoms with Gasteiger partial charge in [0.25, 0.3) is 10.1 Å². The number of nitrogens with one attached hydrogen (secondary N) is 1. The van der Waals surface area contributed by atoms with Crippen LogP contribution in [-0.2, 0) is 14.9 Å². The Morgan fingerprint density at radius 1 is 1.41 bits per heavy atom. The van der Waals surface area contributed by atoms with E-state index in [4.69, 9.17) is 9.29 Å². The molecule has 1 saturated carbocycles. The summed E-state index contributed by atoms with van der Waals surface area (Å²) in [6.45, 7) is 6.69. The predicted octanol–water partition coefficient (Wildman–Crippen LogP) is 1.32. The van der Waals surface area contributed by atoms with Crippen molar-refractivity contribution in [2.45, 2.75) is 56.9 Å². The van der Waals surface area contributed by atoms with E-state index in [1.165, 1.54) is 6.92 Å². The molecule has 0 aliphatic heterocycles. The Morgan fingerprint density at radius 2 is 1.88 bits per heavy atom. The number of rotatable bonds is 2. The van der Waals surface area contributed by atoms with Gasteiger partial charge in [0.15, 0.2) is 0 Å². The minimum absolute atomic E-state index is 0.199. The number of hydrogen-bond donors (Lipinski definition) is 2. The molecule has 17 heavy (non-hydrogen) atoms. The molecule has 2 N–H and O–H groups in total. The molecule has 6 nitrogen and oxygen atoms in total. The molecule has 1 fully saturated rings. The van der Waals surface area contributed by atoms with Crippen LogP contribution in [0, 0.1) is 0 Å². The fourth-order valence-corrected chi connectivity index (χ4v) is 2.59. The molecule has 0 heterocycles. The molecule has 0 spiro atoms. The van der Waals surface area contributed by atoms with Gasteiger partial charge in [-0.15, -0.1) is 0 Å². The topological polar surface area (TPSA) is 92.7 Å². The van der Waals surface area contributed by atoms with Crippen LogP contribution in [0.3, 0.4) is 0 Å². The van der Waals surface area contributed by atoms with Crippen molar-refractivity contribution >= 4 is 16.2 Å². The van der Waals surface area contributed by atoms with Crippen molar-refractivity contribution < 1.29 is 22.5 Å². The van der Waals surface area contributed by atoms with Gasteiger partial charge in [0.05, 0.1) is 4.75 Å². The highest BCUT2D eigenvalue weighted by molar-refractivity contribution is 7.87. The normalized spacial score (nSPS) is 29.4. The van der Waals surface area contributed by atoms with Gasteiger partial charge in [-0.2, -0.15) is 8.42 Å². The number of hydrogen-bond acceptors (Lipinski definition) is 4. The Bertz CT molecular complexity index is 403. The second-order valence-corrected chi connectivity index (χ2v) is 7.61. The first-order valence-corrected chi connectivity index (χ1v) is 6.83. The molecule has 0 bridgehead atoms.